The Hall–Kier alpha value is -2.56. The van der Waals surface area contributed by atoms with Crippen LogP contribution in [0.2, 0.25) is 0 Å². The lowest BCUT2D eigenvalue weighted by atomic mass is 10.1. The number of hydrogen-bond acceptors (Lipinski definition) is 7. The molecule has 0 spiro atoms. The zero-order valence-corrected chi connectivity index (χ0v) is 19.3. The second kappa shape index (κ2) is 9.13. The molecule has 0 saturated carbocycles. The Bertz CT molecular complexity index is 1290. The molecule has 1 saturated heterocycles. The van der Waals surface area contributed by atoms with Gasteiger partial charge in [-0.05, 0) is 57.1 Å². The van der Waals surface area contributed by atoms with E-state index >= 15 is 0 Å². The van der Waals surface area contributed by atoms with Crippen molar-refractivity contribution in [2.75, 3.05) is 13.1 Å². The molecule has 7 nitrogen and oxygen atoms in total. The second-order valence-corrected chi connectivity index (χ2v) is 9.70. The van der Waals surface area contributed by atoms with Crippen molar-refractivity contribution < 1.29 is 4.39 Å². The minimum atomic E-state index is -0.280. The first-order valence-corrected chi connectivity index (χ1v) is 12.5. The van der Waals surface area contributed by atoms with Crippen molar-refractivity contribution in [3.8, 4) is 5.69 Å². The fraction of sp³-hybridized carbons (Fsp3) is 0.364. The average molecular weight is 471 g/mol. The summed E-state index contributed by atoms with van der Waals surface area (Å²) in [6, 6.07) is 7.96. The molecule has 4 heterocycles. The van der Waals surface area contributed by atoms with Crippen LogP contribution >= 0.6 is 23.1 Å². The van der Waals surface area contributed by atoms with Crippen molar-refractivity contribution in [2.24, 2.45) is 0 Å². The highest BCUT2D eigenvalue weighted by Crippen LogP contribution is 2.26. The minimum absolute atomic E-state index is 0.0739. The number of nitrogens with zero attached hydrogens (tertiary/aromatic N) is 6. The normalized spacial score (nSPS) is 14.9. The van der Waals surface area contributed by atoms with Crippen molar-refractivity contribution >= 4 is 28.1 Å². The molecule has 0 N–H and O–H groups in total. The second-order valence-electron chi connectivity index (χ2n) is 7.92. The molecule has 4 aromatic rings. The molecule has 0 bridgehead atoms. The molecule has 10 heteroatoms. The molecule has 0 radical (unpaired) electrons. The summed E-state index contributed by atoms with van der Waals surface area (Å²) in [5.74, 6) is 1.04. The monoisotopic (exact) mass is 470 g/mol. The summed E-state index contributed by atoms with van der Waals surface area (Å²) in [5, 5.41) is 11.5. The summed E-state index contributed by atoms with van der Waals surface area (Å²) >= 11 is 2.93. The highest BCUT2D eigenvalue weighted by atomic mass is 32.2. The highest BCUT2D eigenvalue weighted by molar-refractivity contribution is 7.98. The van der Waals surface area contributed by atoms with Gasteiger partial charge in [0.15, 0.2) is 15.9 Å². The van der Waals surface area contributed by atoms with Crippen molar-refractivity contribution in [2.45, 2.75) is 43.6 Å². The van der Waals surface area contributed by atoms with Gasteiger partial charge in [0.25, 0.3) is 5.56 Å². The Kier molecular flexibility index (Phi) is 6.07. The quantitative estimate of drug-likeness (QED) is 0.396. The molecule has 5 rings (SSSR count). The Morgan fingerprint density at radius 3 is 2.69 bits per heavy atom. The third-order valence-corrected chi connectivity index (χ3v) is 7.48. The number of likely N-dealkylation sites (tertiary alicyclic amines) is 1. The third-order valence-electron chi connectivity index (χ3n) is 5.58. The molecule has 0 atom stereocenters. The molecule has 0 aliphatic carbocycles. The van der Waals surface area contributed by atoms with E-state index in [1.54, 1.807) is 22.6 Å². The zero-order valence-electron chi connectivity index (χ0n) is 17.7. The van der Waals surface area contributed by atoms with E-state index in [-0.39, 0.29) is 11.4 Å². The van der Waals surface area contributed by atoms with Gasteiger partial charge in [0.05, 0.1) is 12.2 Å². The van der Waals surface area contributed by atoms with Crippen LogP contribution in [0.25, 0.3) is 10.6 Å². The lowest BCUT2D eigenvalue weighted by molar-refractivity contribution is 0.214. The molecule has 0 amide bonds. The number of piperidine rings is 1. The van der Waals surface area contributed by atoms with Crippen LogP contribution in [0.15, 0.2) is 45.7 Å². The third kappa shape index (κ3) is 4.35. The van der Waals surface area contributed by atoms with E-state index in [1.807, 2.05) is 16.9 Å². The summed E-state index contributed by atoms with van der Waals surface area (Å²) in [7, 11) is 0. The first-order chi connectivity index (χ1) is 15.6. The van der Waals surface area contributed by atoms with Gasteiger partial charge in [0.2, 0.25) is 0 Å². The molecule has 1 aromatic carbocycles. The molecular weight excluding hydrogens is 447 g/mol. The van der Waals surface area contributed by atoms with Crippen LogP contribution in [0.5, 0.6) is 0 Å². The standard InChI is InChI=1S/C22H23FN6OS2/c1-15-13-31-21-24-17(11-20(30)28(15)21)14-32-22-26-25-19(12-27-9-3-2-4-10-27)29(22)18-7-5-16(23)6-8-18/h5-8,11,13H,2-4,9-10,12,14H2,1H3. The molecule has 1 aliphatic heterocycles. The molecule has 32 heavy (non-hydrogen) atoms. The van der Waals surface area contributed by atoms with Gasteiger partial charge in [-0.1, -0.05) is 18.2 Å². The van der Waals surface area contributed by atoms with Crippen LogP contribution in [0.1, 0.15) is 36.5 Å². The van der Waals surface area contributed by atoms with Gasteiger partial charge in [0, 0.05) is 28.6 Å². The van der Waals surface area contributed by atoms with E-state index in [0.717, 1.165) is 30.3 Å². The van der Waals surface area contributed by atoms with Gasteiger partial charge in [-0.2, -0.15) is 0 Å². The summed E-state index contributed by atoms with van der Waals surface area (Å²) in [4.78, 5) is 20.2. The number of thioether (sulfide) groups is 1. The van der Waals surface area contributed by atoms with Crippen molar-refractivity contribution in [1.82, 2.24) is 29.0 Å². The minimum Gasteiger partial charge on any atom is -0.296 e. The number of rotatable bonds is 6. The van der Waals surface area contributed by atoms with E-state index in [4.69, 9.17) is 0 Å². The number of fused-ring (bicyclic) bond motifs is 1. The summed E-state index contributed by atoms with van der Waals surface area (Å²) in [5.41, 5.74) is 2.34. The lowest BCUT2D eigenvalue weighted by Crippen LogP contribution is -2.30. The van der Waals surface area contributed by atoms with Gasteiger partial charge in [-0.3, -0.25) is 18.7 Å². The van der Waals surface area contributed by atoms with Crippen molar-refractivity contribution in [3.05, 3.63) is 69.1 Å². The van der Waals surface area contributed by atoms with Gasteiger partial charge < -0.3 is 0 Å². The largest absolute Gasteiger partial charge is 0.296 e. The van der Waals surface area contributed by atoms with Crippen LogP contribution in [-0.2, 0) is 12.3 Å². The SMILES string of the molecule is Cc1csc2nc(CSc3nnc(CN4CCCCC4)n3-c3ccc(F)cc3)cc(=O)n12. The number of thiazole rings is 1. The van der Waals surface area contributed by atoms with Crippen molar-refractivity contribution in [3.63, 3.8) is 0 Å². The van der Waals surface area contributed by atoms with Gasteiger partial charge in [0.1, 0.15) is 5.82 Å². The van der Waals surface area contributed by atoms with E-state index < -0.39 is 0 Å². The predicted molar refractivity (Wildman–Crippen MR) is 124 cm³/mol. The summed E-state index contributed by atoms with van der Waals surface area (Å²) in [6.45, 7) is 4.70. The van der Waals surface area contributed by atoms with E-state index in [9.17, 15) is 9.18 Å². The fourth-order valence-corrected chi connectivity index (χ4v) is 5.73. The van der Waals surface area contributed by atoms with Gasteiger partial charge in [-0.15, -0.1) is 21.5 Å². The van der Waals surface area contributed by atoms with Crippen LogP contribution in [-0.4, -0.2) is 42.1 Å². The topological polar surface area (TPSA) is 68.3 Å². The van der Waals surface area contributed by atoms with Crippen molar-refractivity contribution in [1.29, 1.82) is 0 Å². The van der Waals surface area contributed by atoms with Crippen LogP contribution < -0.4 is 5.56 Å². The first kappa shape index (κ1) is 21.3. The number of hydrogen-bond donors (Lipinski definition) is 0. The number of benzene rings is 1. The molecule has 1 fully saturated rings. The highest BCUT2D eigenvalue weighted by Gasteiger charge is 2.19. The Morgan fingerprint density at radius 2 is 1.91 bits per heavy atom. The predicted octanol–water partition coefficient (Wildman–Crippen LogP) is 4.06. The van der Waals surface area contributed by atoms with Crippen LogP contribution in [0.3, 0.4) is 0 Å². The molecular formula is C22H23FN6OS2. The summed E-state index contributed by atoms with van der Waals surface area (Å²) in [6.07, 6.45) is 3.65. The lowest BCUT2D eigenvalue weighted by Gasteiger charge is -2.26. The maximum absolute atomic E-state index is 13.5. The zero-order chi connectivity index (χ0) is 22.1. The smallest absolute Gasteiger partial charge is 0.258 e. The maximum atomic E-state index is 13.5. The van der Waals surface area contributed by atoms with Crippen LogP contribution in [0, 0.1) is 12.7 Å². The fourth-order valence-electron chi connectivity index (χ4n) is 3.98. The first-order valence-electron chi connectivity index (χ1n) is 10.6. The summed E-state index contributed by atoms with van der Waals surface area (Å²) < 4.78 is 17.2. The molecule has 3 aromatic heterocycles. The molecule has 1 aliphatic rings. The maximum Gasteiger partial charge on any atom is 0.258 e. The van der Waals surface area contributed by atoms with Crippen LogP contribution in [0.4, 0.5) is 4.39 Å². The molecule has 0 unspecified atom stereocenters. The number of aromatic nitrogens is 5. The average Bonchev–Trinajstić information content (AvgIpc) is 3.37. The van der Waals surface area contributed by atoms with E-state index in [0.29, 0.717) is 28.1 Å². The van der Waals surface area contributed by atoms with Gasteiger partial charge >= 0.3 is 0 Å². The number of halogens is 1. The van der Waals surface area contributed by atoms with E-state index in [2.05, 4.69) is 20.1 Å². The number of aryl methyl sites for hydroxylation is 1. The molecule has 166 valence electrons. The Morgan fingerprint density at radius 1 is 1.12 bits per heavy atom. The Labute approximate surface area is 192 Å². The Balaban J connectivity index is 1.44. The van der Waals surface area contributed by atoms with E-state index in [1.165, 1.54) is 54.5 Å². The van der Waals surface area contributed by atoms with Gasteiger partial charge in [-0.25, -0.2) is 9.37 Å².